The predicted molar refractivity (Wildman–Crippen MR) is 71.7 cm³/mol. The van der Waals surface area contributed by atoms with Crippen molar-refractivity contribution in [3.05, 3.63) is 0 Å². The molecule has 19 heavy (non-hydrogen) atoms. The predicted octanol–water partition coefficient (Wildman–Crippen LogP) is 2.19. The molecule has 0 amide bonds. The van der Waals surface area contributed by atoms with E-state index in [-0.39, 0.29) is 11.0 Å². The Morgan fingerprint density at radius 2 is 1.79 bits per heavy atom. The molecule has 3 nitrogen and oxygen atoms in total. The molecule has 4 fully saturated rings. The lowest BCUT2D eigenvalue weighted by atomic mass is 9.54. The minimum Gasteiger partial charge on any atom is -0.299 e. The van der Waals surface area contributed by atoms with Crippen molar-refractivity contribution in [2.24, 2.45) is 17.3 Å². The van der Waals surface area contributed by atoms with Crippen LogP contribution in [-0.2, 0) is 9.59 Å². The highest BCUT2D eigenvalue weighted by Gasteiger charge is 2.72. The van der Waals surface area contributed by atoms with Crippen LogP contribution in [0.25, 0.3) is 0 Å². The van der Waals surface area contributed by atoms with Gasteiger partial charge in [0.05, 0.1) is 11.0 Å². The zero-order chi connectivity index (χ0) is 13.3. The number of hydrogen-bond acceptors (Lipinski definition) is 3. The van der Waals surface area contributed by atoms with Crippen LogP contribution in [0.1, 0.15) is 51.9 Å². The second-order valence-electron chi connectivity index (χ2n) is 7.32. The first-order valence-electron chi connectivity index (χ1n) is 7.93. The smallest absolute Gasteiger partial charge is 0.154 e. The second kappa shape index (κ2) is 3.69. The highest BCUT2D eigenvalue weighted by molar-refractivity contribution is 6.03. The number of carbonyl (C=O) groups is 2. The molecule has 0 unspecified atom stereocenters. The average molecular weight is 261 g/mol. The van der Waals surface area contributed by atoms with Crippen LogP contribution in [0.3, 0.4) is 0 Å². The topological polar surface area (TPSA) is 37.4 Å². The van der Waals surface area contributed by atoms with Gasteiger partial charge in [0.15, 0.2) is 5.78 Å². The molecule has 0 N–H and O–H groups in total. The van der Waals surface area contributed by atoms with Crippen LogP contribution in [0.5, 0.6) is 0 Å². The first-order chi connectivity index (χ1) is 9.11. The third-order valence-corrected chi connectivity index (χ3v) is 6.55. The fourth-order valence-corrected chi connectivity index (χ4v) is 6.06. The van der Waals surface area contributed by atoms with Crippen molar-refractivity contribution < 1.29 is 9.59 Å². The Balaban J connectivity index is 1.89. The standard InChI is InChI=1S/C16H23NO2/c1-11-8-12-10-14(19)16-5-3-7-17(16)6-2-4-15(12,16)13(18)9-11/h11-12H,2-10H2,1H3/t11-,12+,15-,16+/m1/s1. The van der Waals surface area contributed by atoms with Gasteiger partial charge < -0.3 is 0 Å². The van der Waals surface area contributed by atoms with Crippen molar-refractivity contribution in [2.75, 3.05) is 13.1 Å². The molecule has 2 heterocycles. The molecule has 0 bridgehead atoms. The lowest BCUT2D eigenvalue weighted by molar-refractivity contribution is -0.156. The SMILES string of the molecule is C[C@H]1CC(=O)[C@]23CCCN4CCC[C@@]42C(=O)C[C@@H]3C1. The van der Waals surface area contributed by atoms with E-state index in [1.165, 1.54) is 0 Å². The van der Waals surface area contributed by atoms with Crippen molar-refractivity contribution in [3.63, 3.8) is 0 Å². The Bertz CT molecular complexity index is 460. The van der Waals surface area contributed by atoms with Gasteiger partial charge in [-0.2, -0.15) is 0 Å². The second-order valence-corrected chi connectivity index (χ2v) is 7.32. The molecule has 0 radical (unpaired) electrons. The molecule has 2 saturated heterocycles. The van der Waals surface area contributed by atoms with Gasteiger partial charge in [0, 0.05) is 12.8 Å². The van der Waals surface area contributed by atoms with Gasteiger partial charge in [-0.1, -0.05) is 6.92 Å². The van der Waals surface area contributed by atoms with Gasteiger partial charge in [0.1, 0.15) is 5.78 Å². The molecular weight excluding hydrogens is 238 g/mol. The van der Waals surface area contributed by atoms with E-state index in [1.54, 1.807) is 0 Å². The van der Waals surface area contributed by atoms with Gasteiger partial charge in [0.2, 0.25) is 0 Å². The zero-order valence-corrected chi connectivity index (χ0v) is 11.8. The molecule has 104 valence electrons. The molecule has 0 aromatic heterocycles. The van der Waals surface area contributed by atoms with Gasteiger partial charge in [-0.05, 0) is 57.0 Å². The molecule has 2 aliphatic carbocycles. The van der Waals surface area contributed by atoms with Gasteiger partial charge in [-0.25, -0.2) is 0 Å². The molecule has 2 saturated carbocycles. The van der Waals surface area contributed by atoms with E-state index in [0.717, 1.165) is 45.2 Å². The van der Waals surface area contributed by atoms with Crippen molar-refractivity contribution >= 4 is 11.6 Å². The van der Waals surface area contributed by atoms with Crippen molar-refractivity contribution in [1.82, 2.24) is 4.90 Å². The molecule has 3 heteroatoms. The lowest BCUT2D eigenvalue weighted by Crippen LogP contribution is -2.66. The summed E-state index contributed by atoms with van der Waals surface area (Å²) in [5, 5.41) is 0. The quantitative estimate of drug-likeness (QED) is 0.671. The van der Waals surface area contributed by atoms with E-state index >= 15 is 0 Å². The summed E-state index contributed by atoms with van der Waals surface area (Å²) in [7, 11) is 0. The minimum atomic E-state index is -0.368. The highest BCUT2D eigenvalue weighted by atomic mass is 16.1. The monoisotopic (exact) mass is 261 g/mol. The molecule has 4 aliphatic rings. The number of piperidine rings is 1. The maximum Gasteiger partial charge on any atom is 0.154 e. The summed E-state index contributed by atoms with van der Waals surface area (Å²) in [5.74, 6) is 1.64. The van der Waals surface area contributed by atoms with Gasteiger partial charge >= 0.3 is 0 Å². The Morgan fingerprint density at radius 1 is 1.05 bits per heavy atom. The third-order valence-electron chi connectivity index (χ3n) is 6.55. The van der Waals surface area contributed by atoms with Gasteiger partial charge in [-0.3, -0.25) is 14.5 Å². The van der Waals surface area contributed by atoms with Crippen molar-refractivity contribution in [2.45, 2.75) is 57.4 Å². The van der Waals surface area contributed by atoms with E-state index in [2.05, 4.69) is 11.8 Å². The summed E-state index contributed by atoms with van der Waals surface area (Å²) < 4.78 is 0. The van der Waals surface area contributed by atoms with E-state index in [0.29, 0.717) is 36.2 Å². The van der Waals surface area contributed by atoms with Crippen LogP contribution >= 0.6 is 0 Å². The van der Waals surface area contributed by atoms with E-state index in [1.807, 2.05) is 0 Å². The molecule has 4 rings (SSSR count). The number of nitrogens with zero attached hydrogens (tertiary/aromatic N) is 1. The average Bonchev–Trinajstić information content (AvgIpc) is 2.89. The zero-order valence-electron chi connectivity index (χ0n) is 11.8. The van der Waals surface area contributed by atoms with Crippen LogP contribution in [-0.4, -0.2) is 35.1 Å². The normalized spacial score (nSPS) is 49.9. The first-order valence-corrected chi connectivity index (χ1v) is 7.93. The third kappa shape index (κ3) is 1.19. The lowest BCUT2D eigenvalue weighted by Gasteiger charge is -2.55. The number of hydrogen-bond donors (Lipinski definition) is 0. The highest BCUT2D eigenvalue weighted by Crippen LogP contribution is 2.64. The van der Waals surface area contributed by atoms with Crippen LogP contribution in [0.2, 0.25) is 0 Å². The summed E-state index contributed by atoms with van der Waals surface area (Å²) in [6.45, 7) is 4.24. The van der Waals surface area contributed by atoms with Gasteiger partial charge in [-0.15, -0.1) is 0 Å². The Hall–Kier alpha value is -0.700. The maximum absolute atomic E-state index is 12.9. The van der Waals surface area contributed by atoms with E-state index in [9.17, 15) is 9.59 Å². The van der Waals surface area contributed by atoms with Crippen LogP contribution in [0.4, 0.5) is 0 Å². The first kappa shape index (κ1) is 12.1. The fraction of sp³-hybridized carbons (Fsp3) is 0.875. The Morgan fingerprint density at radius 3 is 2.58 bits per heavy atom. The van der Waals surface area contributed by atoms with Crippen LogP contribution < -0.4 is 0 Å². The summed E-state index contributed by atoms with van der Waals surface area (Å²) >= 11 is 0. The summed E-state index contributed by atoms with van der Waals surface area (Å²) in [5.41, 5.74) is -0.654. The molecule has 0 aromatic carbocycles. The Labute approximate surface area is 114 Å². The molecule has 0 aromatic rings. The fourth-order valence-electron chi connectivity index (χ4n) is 6.06. The molecule has 2 aliphatic heterocycles. The van der Waals surface area contributed by atoms with Gasteiger partial charge in [0.25, 0.3) is 0 Å². The largest absolute Gasteiger partial charge is 0.299 e. The number of ketones is 2. The molecular formula is C16H23NO2. The summed E-state index contributed by atoms with van der Waals surface area (Å²) in [4.78, 5) is 28.2. The molecule has 4 atom stereocenters. The molecule has 2 spiro atoms. The number of Topliss-reactive ketones (excluding diaryl/α,β-unsaturated/α-hetero) is 2. The van der Waals surface area contributed by atoms with E-state index in [4.69, 9.17) is 0 Å². The summed E-state index contributed by atoms with van der Waals surface area (Å²) in [6, 6.07) is 0. The van der Waals surface area contributed by atoms with Crippen LogP contribution in [0.15, 0.2) is 0 Å². The van der Waals surface area contributed by atoms with Crippen LogP contribution in [0, 0.1) is 17.3 Å². The van der Waals surface area contributed by atoms with Crippen molar-refractivity contribution in [1.29, 1.82) is 0 Å². The number of rotatable bonds is 0. The minimum absolute atomic E-state index is 0.286. The number of carbonyl (C=O) groups excluding carboxylic acids is 2. The maximum atomic E-state index is 12.9. The summed E-state index contributed by atoms with van der Waals surface area (Å²) in [6.07, 6.45) is 6.60. The van der Waals surface area contributed by atoms with E-state index < -0.39 is 0 Å². The van der Waals surface area contributed by atoms with Crippen molar-refractivity contribution in [3.8, 4) is 0 Å². The Kier molecular flexibility index (Phi) is 2.34.